The molecule has 3 aliphatic rings. The van der Waals surface area contributed by atoms with Crippen molar-refractivity contribution in [2.24, 2.45) is 11.7 Å². The number of amides is 3. The van der Waals surface area contributed by atoms with Gasteiger partial charge < -0.3 is 21.3 Å². The number of carbonyl (C=O) groups excluding carboxylic acids is 3. The number of primary amides is 1. The van der Waals surface area contributed by atoms with E-state index in [1.807, 2.05) is 23.1 Å². The van der Waals surface area contributed by atoms with E-state index in [1.165, 1.54) is 19.3 Å². The van der Waals surface area contributed by atoms with Crippen LogP contribution in [0.25, 0.3) is 10.8 Å². The lowest BCUT2D eigenvalue weighted by Gasteiger charge is -2.39. The van der Waals surface area contributed by atoms with Gasteiger partial charge in [0.1, 0.15) is 11.9 Å². The van der Waals surface area contributed by atoms with Crippen LogP contribution >= 0.6 is 12.4 Å². The highest BCUT2D eigenvalue weighted by Gasteiger charge is 2.40. The maximum atomic E-state index is 14.2. The van der Waals surface area contributed by atoms with E-state index in [9.17, 15) is 14.4 Å². The summed E-state index contributed by atoms with van der Waals surface area (Å²) in [5, 5.41) is 1.86. The molecule has 39 heavy (non-hydrogen) atoms. The van der Waals surface area contributed by atoms with Crippen LogP contribution in [0.4, 0.5) is 5.82 Å². The van der Waals surface area contributed by atoms with E-state index >= 15 is 0 Å². The molecule has 3 fully saturated rings. The monoisotopic (exact) mass is 556 g/mol. The number of aromatic nitrogens is 1. The fourth-order valence-corrected chi connectivity index (χ4v) is 6.36. The van der Waals surface area contributed by atoms with Crippen LogP contribution < -0.4 is 11.5 Å². The minimum atomic E-state index is -0.569. The minimum Gasteiger partial charge on any atom is -0.383 e. The van der Waals surface area contributed by atoms with Gasteiger partial charge in [0.05, 0.1) is 12.6 Å². The largest absolute Gasteiger partial charge is 0.383 e. The average molecular weight is 557 g/mol. The van der Waals surface area contributed by atoms with Gasteiger partial charge in [-0.15, -0.1) is 12.4 Å². The highest BCUT2D eigenvalue weighted by atomic mass is 35.5. The first kappa shape index (κ1) is 29.1. The summed E-state index contributed by atoms with van der Waals surface area (Å²) in [4.78, 5) is 49.4. The van der Waals surface area contributed by atoms with Crippen molar-refractivity contribution in [2.75, 3.05) is 31.9 Å². The van der Waals surface area contributed by atoms with E-state index in [-0.39, 0.29) is 30.8 Å². The fraction of sp³-hybridized carbons (Fsp3) is 0.586. The molecular weight excluding hydrogens is 516 g/mol. The second-order valence-corrected chi connectivity index (χ2v) is 11.2. The van der Waals surface area contributed by atoms with Crippen molar-refractivity contribution in [1.29, 1.82) is 0 Å². The lowest BCUT2D eigenvalue weighted by Crippen LogP contribution is -2.56. The Hall–Kier alpha value is -2.91. The number of pyridine rings is 1. The molecule has 0 spiro atoms. The highest BCUT2D eigenvalue weighted by molar-refractivity contribution is 5.92. The molecule has 3 heterocycles. The second kappa shape index (κ2) is 13.0. The summed E-state index contributed by atoms with van der Waals surface area (Å²) < 4.78 is 0. The summed E-state index contributed by atoms with van der Waals surface area (Å²) in [6, 6.07) is 6.91. The molecule has 1 saturated carbocycles. The van der Waals surface area contributed by atoms with Gasteiger partial charge in [-0.05, 0) is 54.7 Å². The number of hydrogen-bond donors (Lipinski definition) is 2. The number of nitrogen functional groups attached to an aromatic ring is 1. The van der Waals surface area contributed by atoms with Crippen molar-refractivity contribution in [3.63, 3.8) is 0 Å². The molecule has 1 aliphatic carbocycles. The number of nitrogens with zero attached hydrogens (tertiary/aromatic N) is 4. The topological polar surface area (TPSA) is 126 Å². The van der Waals surface area contributed by atoms with Crippen molar-refractivity contribution < 1.29 is 14.4 Å². The number of rotatable bonds is 9. The van der Waals surface area contributed by atoms with Crippen molar-refractivity contribution >= 4 is 46.7 Å². The number of nitrogens with two attached hydrogens (primary N) is 2. The zero-order chi connectivity index (χ0) is 26.6. The Kier molecular flexibility index (Phi) is 9.67. The third-order valence-electron chi connectivity index (χ3n) is 8.66. The van der Waals surface area contributed by atoms with Crippen LogP contribution in [0.3, 0.4) is 0 Å². The highest BCUT2D eigenvalue weighted by Crippen LogP contribution is 2.32. The summed E-state index contributed by atoms with van der Waals surface area (Å²) >= 11 is 0. The first-order chi connectivity index (χ1) is 18.4. The molecule has 1 aromatic heterocycles. The van der Waals surface area contributed by atoms with E-state index in [0.717, 1.165) is 55.1 Å². The van der Waals surface area contributed by atoms with Gasteiger partial charge in [0.2, 0.25) is 17.7 Å². The maximum absolute atomic E-state index is 14.2. The summed E-state index contributed by atoms with van der Waals surface area (Å²) in [5.41, 5.74) is 12.8. The van der Waals surface area contributed by atoms with Crippen LogP contribution in [0.15, 0.2) is 30.5 Å². The van der Waals surface area contributed by atoms with Gasteiger partial charge in [-0.2, -0.15) is 0 Å². The van der Waals surface area contributed by atoms with E-state index in [4.69, 9.17) is 11.5 Å². The molecule has 2 atom stereocenters. The van der Waals surface area contributed by atoms with E-state index < -0.39 is 18.0 Å². The fourth-order valence-electron chi connectivity index (χ4n) is 6.36. The number of hydrogen-bond acceptors (Lipinski definition) is 6. The number of benzene rings is 1. The van der Waals surface area contributed by atoms with Crippen LogP contribution in [-0.2, 0) is 20.9 Å². The maximum Gasteiger partial charge on any atom is 0.240 e. The molecule has 9 nitrogen and oxygen atoms in total. The minimum absolute atomic E-state index is 0. The number of halogens is 1. The van der Waals surface area contributed by atoms with Crippen molar-refractivity contribution in [1.82, 2.24) is 19.7 Å². The zero-order valence-corrected chi connectivity index (χ0v) is 23.4. The van der Waals surface area contributed by atoms with Crippen molar-refractivity contribution in [3.8, 4) is 0 Å². The standard InChI is InChI=1S/C29H40N6O3.ClH/c30-27-23-10-9-21(16-22(23)11-12-32-27)18-34(19-26(36)33-13-5-14-33)25(17-20-6-2-1-3-7-20)29(38)35-15-4-8-24(35)28(31)37;/h9-12,16,20,24-25H,1-8,13-15,17-19H2,(H2,30,32)(H2,31,37);1H/t24-,25+;/m0./s1. The third-order valence-corrected chi connectivity index (χ3v) is 8.66. The summed E-state index contributed by atoms with van der Waals surface area (Å²) in [5.74, 6) is 0.450. The van der Waals surface area contributed by atoms with Crippen LogP contribution in [0.1, 0.15) is 63.4 Å². The molecule has 2 aromatic rings. The van der Waals surface area contributed by atoms with Gasteiger partial charge >= 0.3 is 0 Å². The Morgan fingerprint density at radius 2 is 1.77 bits per heavy atom. The number of anilines is 1. The van der Waals surface area contributed by atoms with Crippen molar-refractivity contribution in [2.45, 2.75) is 76.4 Å². The number of fused-ring (bicyclic) bond motifs is 1. The van der Waals surface area contributed by atoms with E-state index in [1.54, 1.807) is 11.1 Å². The lowest BCUT2D eigenvalue weighted by atomic mass is 9.84. The Labute approximate surface area is 236 Å². The molecule has 10 heteroatoms. The van der Waals surface area contributed by atoms with E-state index in [0.29, 0.717) is 37.7 Å². The molecule has 212 valence electrons. The quantitative estimate of drug-likeness (QED) is 0.489. The first-order valence-corrected chi connectivity index (χ1v) is 14.2. The molecule has 3 amide bonds. The van der Waals surface area contributed by atoms with Crippen LogP contribution in [0, 0.1) is 5.92 Å². The smallest absolute Gasteiger partial charge is 0.240 e. The first-order valence-electron chi connectivity index (χ1n) is 14.2. The molecule has 0 radical (unpaired) electrons. The summed E-state index contributed by atoms with van der Waals surface area (Å²) in [7, 11) is 0. The second-order valence-electron chi connectivity index (χ2n) is 11.2. The SMILES string of the molecule is Cl.NC(=O)[C@@H]1CCCN1C(=O)[C@@H](CC1CCCCC1)N(CC(=O)N1CCC1)Cc1ccc2c(N)nccc2c1. The van der Waals surface area contributed by atoms with Crippen molar-refractivity contribution in [3.05, 3.63) is 36.0 Å². The summed E-state index contributed by atoms with van der Waals surface area (Å²) in [6.45, 7) is 2.70. The van der Waals surface area contributed by atoms with Crippen LogP contribution in [-0.4, -0.2) is 75.7 Å². The molecule has 0 bridgehead atoms. The Morgan fingerprint density at radius 3 is 2.46 bits per heavy atom. The van der Waals surface area contributed by atoms with Gasteiger partial charge in [-0.3, -0.25) is 19.3 Å². The molecule has 1 aromatic carbocycles. The van der Waals surface area contributed by atoms with Gasteiger partial charge in [0.25, 0.3) is 0 Å². The van der Waals surface area contributed by atoms with Gasteiger partial charge in [0.15, 0.2) is 0 Å². The molecule has 4 N–H and O–H groups in total. The van der Waals surface area contributed by atoms with Gasteiger partial charge in [0, 0.05) is 37.8 Å². The zero-order valence-electron chi connectivity index (χ0n) is 22.6. The Bertz CT molecular complexity index is 1180. The van der Waals surface area contributed by atoms with E-state index in [2.05, 4.69) is 16.0 Å². The average Bonchev–Trinajstić information content (AvgIpc) is 3.37. The Balaban J connectivity index is 0.00000353. The molecular formula is C29H41ClN6O3. The predicted octanol–water partition coefficient (Wildman–Crippen LogP) is 3.09. The number of carbonyl (C=O) groups is 3. The molecule has 0 unspecified atom stereocenters. The normalized spacial score (nSPS) is 20.5. The summed E-state index contributed by atoms with van der Waals surface area (Å²) in [6.07, 6.45) is 10.5. The van der Waals surface area contributed by atoms with Crippen LogP contribution in [0.5, 0.6) is 0 Å². The third kappa shape index (κ3) is 6.64. The Morgan fingerprint density at radius 1 is 1.00 bits per heavy atom. The van der Waals surface area contributed by atoms with Gasteiger partial charge in [-0.1, -0.05) is 44.2 Å². The lowest BCUT2D eigenvalue weighted by molar-refractivity contribution is -0.145. The molecule has 5 rings (SSSR count). The van der Waals surface area contributed by atoms with Gasteiger partial charge in [-0.25, -0.2) is 4.98 Å². The van der Waals surface area contributed by atoms with Crippen LogP contribution in [0.2, 0.25) is 0 Å². The molecule has 2 aliphatic heterocycles. The molecule has 2 saturated heterocycles. The number of likely N-dealkylation sites (tertiary alicyclic amines) is 2. The predicted molar refractivity (Wildman–Crippen MR) is 154 cm³/mol.